The molecule has 0 saturated carbocycles. The van der Waals surface area contributed by atoms with Gasteiger partial charge in [0, 0.05) is 42.5 Å². The number of carbonyl (C=O) groups is 3. The van der Waals surface area contributed by atoms with Gasteiger partial charge in [0.1, 0.15) is 0 Å². The van der Waals surface area contributed by atoms with Crippen LogP contribution in [0, 0.1) is 0 Å². The summed E-state index contributed by atoms with van der Waals surface area (Å²) in [5.41, 5.74) is 1.94. The molecular weight excluding hydrogens is 344 g/mol. The molecule has 7 nitrogen and oxygen atoms in total. The minimum atomic E-state index is -0.335. The van der Waals surface area contributed by atoms with E-state index in [0.717, 1.165) is 6.54 Å². The first-order valence-corrected chi connectivity index (χ1v) is 8.57. The summed E-state index contributed by atoms with van der Waals surface area (Å²) in [5, 5.41) is 8.25. The molecule has 0 aromatic heterocycles. The van der Waals surface area contributed by atoms with Gasteiger partial charge in [0.15, 0.2) is 0 Å². The molecule has 0 heterocycles. The van der Waals surface area contributed by atoms with Crippen molar-refractivity contribution in [1.29, 1.82) is 0 Å². The number of carbonyl (C=O) groups excluding carboxylic acids is 3. The Balaban J connectivity index is 2.04. The molecule has 2 aromatic rings. The minimum Gasteiger partial charge on any atom is -0.351 e. The predicted octanol–water partition coefficient (Wildman–Crippen LogP) is 2.19. The lowest BCUT2D eigenvalue weighted by Gasteiger charge is -2.11. The predicted molar refractivity (Wildman–Crippen MR) is 106 cm³/mol. The number of anilines is 2. The first kappa shape index (κ1) is 20.1. The van der Waals surface area contributed by atoms with Gasteiger partial charge in [0.05, 0.1) is 0 Å². The zero-order chi connectivity index (χ0) is 19.8. The van der Waals surface area contributed by atoms with E-state index >= 15 is 0 Å². The fourth-order valence-electron chi connectivity index (χ4n) is 2.38. The molecular formula is C20H24N4O3. The van der Waals surface area contributed by atoms with Gasteiger partial charge in [-0.05, 0) is 50.5 Å². The van der Waals surface area contributed by atoms with Gasteiger partial charge in [-0.25, -0.2) is 0 Å². The molecule has 3 amide bonds. The lowest BCUT2D eigenvalue weighted by atomic mass is 10.1. The largest absolute Gasteiger partial charge is 0.351 e. The molecule has 0 radical (unpaired) electrons. The Morgan fingerprint density at radius 2 is 1.44 bits per heavy atom. The lowest BCUT2D eigenvalue weighted by Crippen LogP contribution is -2.31. The van der Waals surface area contributed by atoms with Gasteiger partial charge in [-0.2, -0.15) is 0 Å². The molecule has 0 aliphatic rings. The second kappa shape index (κ2) is 9.49. The summed E-state index contributed by atoms with van der Waals surface area (Å²) in [6, 6.07) is 13.4. The summed E-state index contributed by atoms with van der Waals surface area (Å²) in [5.74, 6) is -0.747. The molecule has 27 heavy (non-hydrogen) atoms. The lowest BCUT2D eigenvalue weighted by molar-refractivity contribution is -0.114. The van der Waals surface area contributed by atoms with Crippen LogP contribution in [0.2, 0.25) is 0 Å². The Morgan fingerprint density at radius 3 is 2.07 bits per heavy atom. The van der Waals surface area contributed by atoms with Gasteiger partial charge in [0.25, 0.3) is 11.8 Å². The smallest absolute Gasteiger partial charge is 0.255 e. The van der Waals surface area contributed by atoms with E-state index in [9.17, 15) is 14.4 Å². The van der Waals surface area contributed by atoms with Crippen LogP contribution < -0.4 is 16.0 Å². The second-order valence-corrected chi connectivity index (χ2v) is 6.36. The van der Waals surface area contributed by atoms with Crippen molar-refractivity contribution in [1.82, 2.24) is 10.2 Å². The molecule has 0 aliphatic heterocycles. The van der Waals surface area contributed by atoms with Crippen LogP contribution in [0.3, 0.4) is 0 Å². The van der Waals surface area contributed by atoms with E-state index in [-0.39, 0.29) is 17.7 Å². The Bertz CT molecular complexity index is 833. The zero-order valence-corrected chi connectivity index (χ0v) is 15.7. The quantitative estimate of drug-likeness (QED) is 0.699. The minimum absolute atomic E-state index is 0.188. The second-order valence-electron chi connectivity index (χ2n) is 6.36. The van der Waals surface area contributed by atoms with Gasteiger partial charge in [0.2, 0.25) is 5.91 Å². The summed E-state index contributed by atoms with van der Waals surface area (Å²) < 4.78 is 0. The Kier molecular flexibility index (Phi) is 7.08. The molecule has 0 atom stereocenters. The van der Waals surface area contributed by atoms with Crippen LogP contribution in [-0.4, -0.2) is 49.8 Å². The molecule has 142 valence electrons. The monoisotopic (exact) mass is 368 g/mol. The fourth-order valence-corrected chi connectivity index (χ4v) is 2.38. The van der Waals surface area contributed by atoms with Gasteiger partial charge < -0.3 is 20.9 Å². The summed E-state index contributed by atoms with van der Waals surface area (Å²) in [6.45, 7) is 2.68. The van der Waals surface area contributed by atoms with Crippen molar-refractivity contribution in [2.75, 3.05) is 37.8 Å². The van der Waals surface area contributed by atoms with Gasteiger partial charge in [-0.15, -0.1) is 0 Å². The summed E-state index contributed by atoms with van der Waals surface area (Å²) >= 11 is 0. The van der Waals surface area contributed by atoms with E-state index in [1.54, 1.807) is 48.5 Å². The van der Waals surface area contributed by atoms with Crippen LogP contribution in [0.5, 0.6) is 0 Å². The third-order valence-corrected chi connectivity index (χ3v) is 3.67. The van der Waals surface area contributed by atoms with Crippen LogP contribution >= 0.6 is 0 Å². The van der Waals surface area contributed by atoms with Crippen molar-refractivity contribution in [2.45, 2.75) is 6.92 Å². The van der Waals surface area contributed by atoms with Crippen LogP contribution in [0.4, 0.5) is 11.4 Å². The van der Waals surface area contributed by atoms with Crippen LogP contribution in [0.15, 0.2) is 48.5 Å². The topological polar surface area (TPSA) is 90.5 Å². The number of hydrogen-bond acceptors (Lipinski definition) is 4. The summed E-state index contributed by atoms with van der Waals surface area (Å²) in [7, 11) is 3.86. The number of nitrogens with one attached hydrogen (secondary N) is 3. The molecule has 0 aliphatic carbocycles. The van der Waals surface area contributed by atoms with Crippen molar-refractivity contribution in [2.24, 2.45) is 0 Å². The molecule has 2 aromatic carbocycles. The van der Waals surface area contributed by atoms with E-state index in [1.807, 2.05) is 19.0 Å². The normalized spacial score (nSPS) is 10.4. The van der Waals surface area contributed by atoms with Crippen molar-refractivity contribution >= 4 is 29.1 Å². The number of amides is 3. The molecule has 0 saturated heterocycles. The van der Waals surface area contributed by atoms with E-state index < -0.39 is 0 Å². The number of hydrogen-bond donors (Lipinski definition) is 3. The highest BCUT2D eigenvalue weighted by molar-refractivity contribution is 6.06. The van der Waals surface area contributed by atoms with Crippen molar-refractivity contribution in [3.63, 3.8) is 0 Å². The Labute approximate surface area is 158 Å². The van der Waals surface area contributed by atoms with Gasteiger partial charge in [-0.1, -0.05) is 12.1 Å². The Hall–Kier alpha value is -3.19. The molecule has 2 rings (SSSR count). The first-order valence-electron chi connectivity index (χ1n) is 8.57. The highest BCUT2D eigenvalue weighted by atomic mass is 16.2. The summed E-state index contributed by atoms with van der Waals surface area (Å²) in [6.07, 6.45) is 0. The van der Waals surface area contributed by atoms with Crippen molar-refractivity contribution in [3.05, 3.63) is 59.7 Å². The number of likely N-dealkylation sites (N-methyl/N-ethyl adjacent to an activating group) is 1. The van der Waals surface area contributed by atoms with Gasteiger partial charge >= 0.3 is 0 Å². The molecule has 7 heteroatoms. The van der Waals surface area contributed by atoms with Crippen LogP contribution in [0.25, 0.3) is 0 Å². The van der Waals surface area contributed by atoms with Crippen LogP contribution in [0.1, 0.15) is 27.6 Å². The maximum atomic E-state index is 12.5. The third kappa shape index (κ3) is 6.56. The summed E-state index contributed by atoms with van der Waals surface area (Å²) in [4.78, 5) is 37.8. The number of benzene rings is 2. The molecule has 0 bridgehead atoms. The van der Waals surface area contributed by atoms with E-state index in [4.69, 9.17) is 0 Å². The third-order valence-electron chi connectivity index (χ3n) is 3.67. The maximum Gasteiger partial charge on any atom is 0.255 e. The SMILES string of the molecule is CC(=O)Nc1cccc(NC(=O)c2cccc(C(=O)NCCN(C)C)c2)c1. The zero-order valence-electron chi connectivity index (χ0n) is 15.7. The highest BCUT2D eigenvalue weighted by Crippen LogP contribution is 2.16. The van der Waals surface area contributed by atoms with E-state index in [1.165, 1.54) is 6.92 Å². The average Bonchev–Trinajstić information content (AvgIpc) is 2.61. The molecule has 0 spiro atoms. The Morgan fingerprint density at radius 1 is 0.852 bits per heavy atom. The van der Waals surface area contributed by atoms with Crippen molar-refractivity contribution in [3.8, 4) is 0 Å². The van der Waals surface area contributed by atoms with Gasteiger partial charge in [-0.3, -0.25) is 14.4 Å². The maximum absolute atomic E-state index is 12.5. The molecule has 0 unspecified atom stereocenters. The van der Waals surface area contributed by atoms with E-state index in [2.05, 4.69) is 16.0 Å². The standard InChI is InChI=1S/C20H24N4O3/c1-14(25)22-17-8-5-9-18(13-17)23-20(27)16-7-4-6-15(12-16)19(26)21-10-11-24(2)3/h4-9,12-13H,10-11H2,1-3H3,(H,21,26)(H,22,25)(H,23,27). The number of rotatable bonds is 7. The molecule has 0 fully saturated rings. The van der Waals surface area contributed by atoms with Crippen LogP contribution in [-0.2, 0) is 4.79 Å². The first-order chi connectivity index (χ1) is 12.8. The number of nitrogens with zero attached hydrogens (tertiary/aromatic N) is 1. The van der Waals surface area contributed by atoms with E-state index in [0.29, 0.717) is 29.0 Å². The molecule has 3 N–H and O–H groups in total. The average molecular weight is 368 g/mol. The van der Waals surface area contributed by atoms with Crippen molar-refractivity contribution < 1.29 is 14.4 Å². The fraction of sp³-hybridized carbons (Fsp3) is 0.250. The highest BCUT2D eigenvalue weighted by Gasteiger charge is 2.11.